The minimum absolute atomic E-state index is 0.112. The first-order valence-electron chi connectivity index (χ1n) is 8.47. The highest BCUT2D eigenvalue weighted by molar-refractivity contribution is 9.10. The maximum atomic E-state index is 12.8. The highest BCUT2D eigenvalue weighted by atomic mass is 79.9. The van der Waals surface area contributed by atoms with E-state index >= 15 is 0 Å². The summed E-state index contributed by atoms with van der Waals surface area (Å²) in [7, 11) is 0. The summed E-state index contributed by atoms with van der Waals surface area (Å²) in [5, 5.41) is 0. The number of carbonyl (C=O) groups excluding carboxylic acids is 1. The van der Waals surface area contributed by atoms with Crippen molar-refractivity contribution >= 4 is 27.5 Å². The maximum absolute atomic E-state index is 12.8. The number of rotatable bonds is 5. The molecular formula is C19H28BrNO. The number of aryl methyl sites for hydroxylation is 1. The molecule has 22 heavy (non-hydrogen) atoms. The van der Waals surface area contributed by atoms with Gasteiger partial charge < -0.3 is 4.90 Å². The highest BCUT2D eigenvalue weighted by Crippen LogP contribution is 2.32. The number of benzene rings is 1. The zero-order valence-electron chi connectivity index (χ0n) is 14.3. The van der Waals surface area contributed by atoms with Gasteiger partial charge in [-0.15, -0.1) is 0 Å². The number of amides is 1. The normalized spacial score (nSPS) is 15.1. The van der Waals surface area contributed by atoms with Gasteiger partial charge in [0.1, 0.15) is 0 Å². The van der Waals surface area contributed by atoms with E-state index in [1.165, 1.54) is 11.1 Å². The largest absolute Gasteiger partial charge is 0.312 e. The van der Waals surface area contributed by atoms with E-state index in [2.05, 4.69) is 61.8 Å². The lowest BCUT2D eigenvalue weighted by Crippen LogP contribution is -2.39. The Balaban J connectivity index is 2.26. The first-order valence-corrected chi connectivity index (χ1v) is 9.27. The van der Waals surface area contributed by atoms with E-state index in [0.29, 0.717) is 5.91 Å². The van der Waals surface area contributed by atoms with Crippen molar-refractivity contribution in [3.63, 3.8) is 0 Å². The lowest BCUT2D eigenvalue weighted by Gasteiger charge is -2.32. The highest BCUT2D eigenvalue weighted by Gasteiger charge is 2.27. The summed E-state index contributed by atoms with van der Waals surface area (Å²) in [6.07, 6.45) is 5.01. The van der Waals surface area contributed by atoms with Gasteiger partial charge in [0.15, 0.2) is 0 Å². The topological polar surface area (TPSA) is 20.3 Å². The van der Waals surface area contributed by atoms with Crippen LogP contribution in [0.25, 0.3) is 0 Å². The van der Waals surface area contributed by atoms with Crippen LogP contribution in [0.3, 0.4) is 0 Å². The molecule has 1 aromatic carbocycles. The van der Waals surface area contributed by atoms with Gasteiger partial charge in [-0.3, -0.25) is 4.79 Å². The molecule has 3 heteroatoms. The van der Waals surface area contributed by atoms with Crippen LogP contribution in [0.15, 0.2) is 18.2 Å². The zero-order valence-corrected chi connectivity index (χ0v) is 15.9. The van der Waals surface area contributed by atoms with Crippen LogP contribution >= 0.6 is 15.9 Å². The van der Waals surface area contributed by atoms with Crippen LogP contribution in [0.2, 0.25) is 0 Å². The van der Waals surface area contributed by atoms with E-state index in [-0.39, 0.29) is 10.2 Å². The molecular weight excluding hydrogens is 338 g/mol. The molecule has 0 bridgehead atoms. The Kier molecular flexibility index (Phi) is 5.70. The number of fused-ring (bicyclic) bond motifs is 1. The van der Waals surface area contributed by atoms with Crippen LogP contribution < -0.4 is 4.90 Å². The Morgan fingerprint density at radius 3 is 2.59 bits per heavy atom. The molecule has 2 rings (SSSR count). The molecule has 0 atom stereocenters. The van der Waals surface area contributed by atoms with Crippen molar-refractivity contribution in [2.75, 3.05) is 11.4 Å². The second-order valence-electron chi connectivity index (χ2n) is 6.97. The van der Waals surface area contributed by atoms with Crippen LogP contribution in [-0.4, -0.2) is 16.8 Å². The molecule has 0 N–H and O–H groups in total. The van der Waals surface area contributed by atoms with Gasteiger partial charge in [0.2, 0.25) is 5.91 Å². The Morgan fingerprint density at radius 1 is 1.32 bits per heavy atom. The summed E-state index contributed by atoms with van der Waals surface area (Å²) in [5.41, 5.74) is 3.82. The summed E-state index contributed by atoms with van der Waals surface area (Å²) in [6.45, 7) is 9.46. The van der Waals surface area contributed by atoms with Gasteiger partial charge in [0.05, 0.1) is 0 Å². The molecule has 0 aromatic heterocycles. The van der Waals surface area contributed by atoms with Gasteiger partial charge in [0, 0.05) is 22.5 Å². The van der Waals surface area contributed by atoms with Crippen LogP contribution in [0.4, 0.5) is 5.69 Å². The summed E-state index contributed by atoms with van der Waals surface area (Å²) in [6, 6.07) is 6.63. The maximum Gasteiger partial charge on any atom is 0.230 e. The average molecular weight is 366 g/mol. The van der Waals surface area contributed by atoms with Crippen molar-refractivity contribution in [2.24, 2.45) is 5.92 Å². The molecule has 1 amide bonds. The summed E-state index contributed by atoms with van der Waals surface area (Å²) in [4.78, 5) is 14.8. The monoisotopic (exact) mass is 365 g/mol. The number of carbonyl (C=O) groups is 1. The van der Waals surface area contributed by atoms with E-state index in [9.17, 15) is 4.79 Å². The Labute approximate surface area is 143 Å². The molecule has 0 fully saturated rings. The van der Waals surface area contributed by atoms with E-state index in [4.69, 9.17) is 0 Å². The molecule has 0 aliphatic carbocycles. The van der Waals surface area contributed by atoms with Gasteiger partial charge in [-0.05, 0) is 63.1 Å². The van der Waals surface area contributed by atoms with E-state index < -0.39 is 0 Å². The van der Waals surface area contributed by atoms with Gasteiger partial charge in [-0.25, -0.2) is 0 Å². The molecule has 1 aromatic rings. The van der Waals surface area contributed by atoms with Crippen molar-refractivity contribution in [3.8, 4) is 0 Å². The summed E-state index contributed by atoms with van der Waals surface area (Å²) in [5.74, 6) is 0.464. The first-order chi connectivity index (χ1) is 10.4. The van der Waals surface area contributed by atoms with Crippen molar-refractivity contribution in [3.05, 3.63) is 29.3 Å². The average Bonchev–Trinajstić information content (AvgIpc) is 2.45. The third-order valence-electron chi connectivity index (χ3n) is 4.49. The molecule has 0 spiro atoms. The summed E-state index contributed by atoms with van der Waals surface area (Å²) >= 11 is 3.72. The second kappa shape index (κ2) is 7.16. The lowest BCUT2D eigenvalue weighted by molar-refractivity contribution is -0.122. The predicted octanol–water partition coefficient (Wildman–Crippen LogP) is 5.12. The Hall–Kier alpha value is -0.830. The fourth-order valence-corrected chi connectivity index (χ4v) is 3.66. The van der Waals surface area contributed by atoms with Crippen molar-refractivity contribution in [1.29, 1.82) is 0 Å². The molecule has 1 aliphatic rings. The van der Waals surface area contributed by atoms with Crippen molar-refractivity contribution in [2.45, 2.75) is 64.1 Å². The zero-order chi connectivity index (χ0) is 16.3. The molecule has 122 valence electrons. The van der Waals surface area contributed by atoms with Gasteiger partial charge in [-0.1, -0.05) is 41.9 Å². The fraction of sp³-hybridized carbons (Fsp3) is 0.632. The molecule has 0 radical (unpaired) electrons. The third kappa shape index (κ3) is 4.13. The lowest BCUT2D eigenvalue weighted by atomic mass is 9.93. The van der Waals surface area contributed by atoms with Crippen LogP contribution in [0.1, 0.15) is 58.1 Å². The molecule has 2 nitrogen and oxygen atoms in total. The first kappa shape index (κ1) is 17.5. The standard InChI is InChI=1S/C19H28BrNO/c1-5-15(6-2)18(22)21-11-7-8-16-12-14(9-10-17(16)21)13-19(3,4)20/h9-10,12,15H,5-8,11,13H2,1-4H3. The number of halogens is 1. The van der Waals surface area contributed by atoms with Crippen molar-refractivity contribution in [1.82, 2.24) is 0 Å². The molecule has 0 unspecified atom stereocenters. The van der Waals surface area contributed by atoms with Crippen LogP contribution in [-0.2, 0) is 17.6 Å². The van der Waals surface area contributed by atoms with Crippen molar-refractivity contribution < 1.29 is 4.79 Å². The number of nitrogens with zero attached hydrogens (tertiary/aromatic N) is 1. The molecule has 0 saturated heterocycles. The quantitative estimate of drug-likeness (QED) is 0.663. The van der Waals surface area contributed by atoms with Crippen LogP contribution in [0.5, 0.6) is 0 Å². The van der Waals surface area contributed by atoms with Gasteiger partial charge in [-0.2, -0.15) is 0 Å². The predicted molar refractivity (Wildman–Crippen MR) is 97.9 cm³/mol. The smallest absolute Gasteiger partial charge is 0.230 e. The molecule has 0 saturated carbocycles. The van der Waals surface area contributed by atoms with Gasteiger partial charge >= 0.3 is 0 Å². The summed E-state index contributed by atoms with van der Waals surface area (Å²) < 4.78 is 0.112. The molecule has 1 aliphatic heterocycles. The minimum Gasteiger partial charge on any atom is -0.312 e. The Morgan fingerprint density at radius 2 is 2.00 bits per heavy atom. The number of hydrogen-bond acceptors (Lipinski definition) is 1. The minimum atomic E-state index is 0.112. The number of anilines is 1. The Bertz CT molecular complexity index is 529. The van der Waals surface area contributed by atoms with E-state index in [1.807, 2.05) is 4.90 Å². The second-order valence-corrected chi connectivity index (χ2v) is 9.11. The number of hydrogen-bond donors (Lipinski definition) is 0. The fourth-order valence-electron chi connectivity index (χ4n) is 3.33. The SMILES string of the molecule is CCC(CC)C(=O)N1CCCc2cc(CC(C)(C)Br)ccc21. The third-order valence-corrected chi connectivity index (χ3v) is 4.77. The van der Waals surface area contributed by atoms with E-state index in [1.54, 1.807) is 0 Å². The van der Waals surface area contributed by atoms with E-state index in [0.717, 1.165) is 44.3 Å². The van der Waals surface area contributed by atoms with Crippen LogP contribution in [0, 0.1) is 5.92 Å². The molecule has 1 heterocycles. The van der Waals surface area contributed by atoms with Gasteiger partial charge in [0.25, 0.3) is 0 Å². The number of alkyl halides is 1.